The van der Waals surface area contributed by atoms with E-state index >= 15 is 0 Å². The zero-order chi connectivity index (χ0) is 30.5. The molecule has 0 radical (unpaired) electrons. The van der Waals surface area contributed by atoms with Crippen molar-refractivity contribution < 1.29 is 29.4 Å². The van der Waals surface area contributed by atoms with E-state index in [2.05, 4.69) is 25.9 Å². The predicted octanol–water partition coefficient (Wildman–Crippen LogP) is 0.763. The Bertz CT molecular complexity index is 1310. The molecule has 0 saturated heterocycles. The van der Waals surface area contributed by atoms with Gasteiger partial charge in [0.25, 0.3) is 0 Å². The maximum absolute atomic E-state index is 13.5. The van der Waals surface area contributed by atoms with Crippen molar-refractivity contribution in [3.63, 3.8) is 0 Å². The van der Waals surface area contributed by atoms with E-state index in [1.807, 2.05) is 12.3 Å². The SMILES string of the molecule is CSCCC(NC(=O)C(Cc1cnc[nH]1)NC(=O)C(N)Cc1ccc(O)cc1)C(=O)NC(Cc1ccccc1)C(=O)O. The van der Waals surface area contributed by atoms with Crippen LogP contribution in [0.5, 0.6) is 5.75 Å². The van der Waals surface area contributed by atoms with Crippen molar-refractivity contribution >= 4 is 35.5 Å². The molecule has 1 heterocycles. The van der Waals surface area contributed by atoms with Crippen LogP contribution in [-0.4, -0.2) is 80.0 Å². The molecule has 224 valence electrons. The Morgan fingerprint density at radius 3 is 2.10 bits per heavy atom. The van der Waals surface area contributed by atoms with Gasteiger partial charge in [-0.1, -0.05) is 42.5 Å². The number of aromatic hydroxyl groups is 1. The second-order valence-corrected chi connectivity index (χ2v) is 10.7. The molecule has 4 unspecified atom stereocenters. The van der Waals surface area contributed by atoms with Crippen molar-refractivity contribution in [3.8, 4) is 5.75 Å². The van der Waals surface area contributed by atoms with Crippen molar-refractivity contribution in [3.05, 3.63) is 83.9 Å². The number of hydrogen-bond acceptors (Lipinski definition) is 8. The minimum Gasteiger partial charge on any atom is -0.508 e. The number of imidazole rings is 1. The number of carboxylic acids is 1. The van der Waals surface area contributed by atoms with Crippen molar-refractivity contribution in [1.29, 1.82) is 0 Å². The lowest BCUT2D eigenvalue weighted by atomic mass is 10.0. The molecule has 42 heavy (non-hydrogen) atoms. The van der Waals surface area contributed by atoms with Crippen LogP contribution >= 0.6 is 11.8 Å². The number of thioether (sulfide) groups is 1. The van der Waals surface area contributed by atoms with Gasteiger partial charge in [0, 0.05) is 24.7 Å². The number of nitrogens with two attached hydrogens (primary N) is 1. The molecular weight excluding hydrogens is 560 g/mol. The summed E-state index contributed by atoms with van der Waals surface area (Å²) < 4.78 is 0. The Morgan fingerprint density at radius 2 is 1.48 bits per heavy atom. The lowest BCUT2D eigenvalue weighted by molar-refractivity contribution is -0.142. The molecule has 13 heteroatoms. The van der Waals surface area contributed by atoms with Crippen LogP contribution in [0.25, 0.3) is 0 Å². The van der Waals surface area contributed by atoms with Crippen LogP contribution in [0, 0.1) is 0 Å². The largest absolute Gasteiger partial charge is 0.508 e. The molecule has 0 saturated carbocycles. The Labute approximate surface area is 247 Å². The highest BCUT2D eigenvalue weighted by Crippen LogP contribution is 2.12. The average Bonchev–Trinajstić information content (AvgIpc) is 3.49. The summed E-state index contributed by atoms with van der Waals surface area (Å²) in [7, 11) is 0. The summed E-state index contributed by atoms with van der Waals surface area (Å²) in [4.78, 5) is 58.5. The van der Waals surface area contributed by atoms with Crippen molar-refractivity contribution in [2.24, 2.45) is 5.73 Å². The molecule has 3 rings (SSSR count). The fourth-order valence-electron chi connectivity index (χ4n) is 4.18. The fourth-order valence-corrected chi connectivity index (χ4v) is 4.65. The number of carbonyl (C=O) groups excluding carboxylic acids is 3. The maximum atomic E-state index is 13.5. The molecule has 3 amide bonds. The topological polar surface area (TPSA) is 200 Å². The van der Waals surface area contributed by atoms with E-state index in [0.717, 1.165) is 11.1 Å². The summed E-state index contributed by atoms with van der Waals surface area (Å²) in [6.07, 6.45) is 5.33. The second kappa shape index (κ2) is 16.2. The quantitative estimate of drug-likeness (QED) is 0.125. The van der Waals surface area contributed by atoms with Gasteiger partial charge in [0.05, 0.1) is 12.4 Å². The van der Waals surface area contributed by atoms with Gasteiger partial charge in [-0.3, -0.25) is 14.4 Å². The van der Waals surface area contributed by atoms with Gasteiger partial charge in [-0.2, -0.15) is 11.8 Å². The van der Waals surface area contributed by atoms with Crippen molar-refractivity contribution in [2.75, 3.05) is 12.0 Å². The molecule has 3 aromatic rings. The molecule has 4 atom stereocenters. The summed E-state index contributed by atoms with van der Waals surface area (Å²) >= 11 is 1.47. The number of hydrogen-bond donors (Lipinski definition) is 7. The number of benzene rings is 2. The molecule has 12 nitrogen and oxygen atoms in total. The summed E-state index contributed by atoms with van der Waals surface area (Å²) in [5.74, 6) is -2.45. The van der Waals surface area contributed by atoms with E-state index in [-0.39, 0.29) is 31.4 Å². The number of phenolic OH excluding ortho intramolecular Hbond substituents is 1. The lowest BCUT2D eigenvalue weighted by Gasteiger charge is -2.25. The fraction of sp³-hybridized carbons (Fsp3) is 0.345. The zero-order valence-corrected chi connectivity index (χ0v) is 24.0. The first-order valence-electron chi connectivity index (χ1n) is 13.3. The van der Waals surface area contributed by atoms with Gasteiger partial charge in [0.1, 0.15) is 23.9 Å². The molecule has 2 aromatic carbocycles. The smallest absolute Gasteiger partial charge is 0.326 e. The highest BCUT2D eigenvalue weighted by molar-refractivity contribution is 7.98. The molecule has 0 aliphatic carbocycles. The number of rotatable bonds is 16. The van der Waals surface area contributed by atoms with Crippen LogP contribution in [0.4, 0.5) is 0 Å². The van der Waals surface area contributed by atoms with E-state index in [4.69, 9.17) is 5.73 Å². The standard InChI is InChI=1S/C29H36N6O6S/c1-42-12-11-23(27(38)35-25(29(40)41)14-18-5-3-2-4-6-18)33-28(39)24(15-20-16-31-17-32-20)34-26(37)22(30)13-19-7-9-21(36)10-8-19/h2-10,16-17,22-25,36H,11-15,30H2,1H3,(H,31,32)(H,33,39)(H,34,37)(H,35,38)(H,40,41). The van der Waals surface area contributed by atoms with Gasteiger partial charge < -0.3 is 36.9 Å². The third-order valence-electron chi connectivity index (χ3n) is 6.48. The van der Waals surface area contributed by atoms with Gasteiger partial charge in [-0.25, -0.2) is 9.78 Å². The number of amides is 3. The van der Waals surface area contributed by atoms with Gasteiger partial charge in [0.2, 0.25) is 17.7 Å². The second-order valence-electron chi connectivity index (χ2n) is 9.75. The minimum absolute atomic E-state index is 0.0477. The predicted molar refractivity (Wildman–Crippen MR) is 159 cm³/mol. The van der Waals surface area contributed by atoms with Gasteiger partial charge in [-0.15, -0.1) is 0 Å². The van der Waals surface area contributed by atoms with E-state index < -0.39 is 47.9 Å². The van der Waals surface area contributed by atoms with Crippen molar-refractivity contribution in [2.45, 2.75) is 49.9 Å². The van der Waals surface area contributed by atoms with Crippen LogP contribution in [0.15, 0.2) is 67.1 Å². The first kappa shape index (κ1) is 32.2. The van der Waals surface area contributed by atoms with Crippen LogP contribution in [0.1, 0.15) is 23.2 Å². The van der Waals surface area contributed by atoms with E-state index in [1.165, 1.54) is 36.4 Å². The normalized spacial score (nSPS) is 13.8. The van der Waals surface area contributed by atoms with Gasteiger partial charge in [-0.05, 0) is 48.1 Å². The number of H-pyrrole nitrogens is 1. The number of nitrogens with one attached hydrogen (secondary N) is 4. The molecule has 0 aliphatic heterocycles. The number of aromatic amines is 1. The molecule has 0 aliphatic rings. The number of carboxylic acid groups (broad SMARTS) is 1. The van der Waals surface area contributed by atoms with Crippen molar-refractivity contribution in [1.82, 2.24) is 25.9 Å². The summed E-state index contributed by atoms with van der Waals surface area (Å²) in [6.45, 7) is 0. The highest BCUT2D eigenvalue weighted by atomic mass is 32.2. The maximum Gasteiger partial charge on any atom is 0.326 e. The average molecular weight is 597 g/mol. The van der Waals surface area contributed by atoms with Crippen LogP contribution in [0.3, 0.4) is 0 Å². The van der Waals surface area contributed by atoms with Crippen LogP contribution in [-0.2, 0) is 38.4 Å². The van der Waals surface area contributed by atoms with E-state index in [9.17, 15) is 29.4 Å². The van der Waals surface area contributed by atoms with Crippen LogP contribution in [0.2, 0.25) is 0 Å². The third kappa shape index (κ3) is 10.2. The van der Waals surface area contributed by atoms with Gasteiger partial charge >= 0.3 is 5.97 Å². The first-order valence-corrected chi connectivity index (χ1v) is 14.7. The Morgan fingerprint density at radius 1 is 0.857 bits per heavy atom. The Kier molecular flexibility index (Phi) is 12.4. The number of aliphatic carboxylic acids is 1. The molecule has 0 bridgehead atoms. The number of nitrogens with zero attached hydrogens (tertiary/aromatic N) is 1. The Balaban J connectivity index is 1.72. The molecule has 0 fully saturated rings. The molecule has 1 aromatic heterocycles. The number of aromatic nitrogens is 2. The monoisotopic (exact) mass is 596 g/mol. The molecule has 0 spiro atoms. The molecular formula is C29H36N6O6S. The van der Waals surface area contributed by atoms with Gasteiger partial charge in [0.15, 0.2) is 0 Å². The number of carbonyl (C=O) groups is 4. The third-order valence-corrected chi connectivity index (χ3v) is 7.13. The summed E-state index contributed by atoms with van der Waals surface area (Å²) in [5.41, 5.74) is 8.15. The Hall–Kier alpha value is -4.36. The lowest BCUT2D eigenvalue weighted by Crippen LogP contribution is -2.58. The first-order chi connectivity index (χ1) is 20.2. The molecule has 8 N–H and O–H groups in total. The number of phenols is 1. The van der Waals surface area contributed by atoms with E-state index in [1.54, 1.807) is 36.4 Å². The minimum atomic E-state index is -1.20. The van der Waals surface area contributed by atoms with Crippen LogP contribution < -0.4 is 21.7 Å². The summed E-state index contributed by atoms with van der Waals surface area (Å²) in [6, 6.07) is 10.8. The zero-order valence-electron chi connectivity index (χ0n) is 23.2. The summed E-state index contributed by atoms with van der Waals surface area (Å²) in [5, 5.41) is 27.1. The van der Waals surface area contributed by atoms with E-state index in [0.29, 0.717) is 11.4 Å². The highest BCUT2D eigenvalue weighted by Gasteiger charge is 2.30.